The van der Waals surface area contributed by atoms with Crippen molar-refractivity contribution in [3.05, 3.63) is 101 Å². The third-order valence-corrected chi connectivity index (χ3v) is 7.33. The number of amides is 3. The Balaban J connectivity index is 1.57. The third kappa shape index (κ3) is 2.65. The van der Waals surface area contributed by atoms with Gasteiger partial charge in [0.25, 0.3) is 5.91 Å². The Bertz CT molecular complexity index is 1390. The Kier molecular flexibility index (Phi) is 4.24. The molecule has 2 aliphatic heterocycles. The first-order valence-corrected chi connectivity index (χ1v) is 11.4. The number of urea groups is 1. The van der Waals surface area contributed by atoms with Crippen LogP contribution >= 0.6 is 0 Å². The standard InChI is InChI=1S/C28H25N3O2/c1-3-18-13-15-19(16-14-18)22-17-30-27(33)31(20-9-5-4-6-10-20)26(32)28(30,2)25-24(22)21-11-7-8-12-23(21)29-25/h4-16,22,29H,3,17H2,1-2H3/t22-,28-/m0/s1. The zero-order chi connectivity index (χ0) is 22.7. The number of nitrogens with zero attached hydrogens (tertiary/aromatic N) is 2. The second kappa shape index (κ2) is 7.07. The molecule has 1 N–H and O–H groups in total. The molecule has 0 radical (unpaired) electrons. The van der Waals surface area contributed by atoms with Crippen molar-refractivity contribution in [1.82, 2.24) is 9.88 Å². The molecular weight excluding hydrogens is 410 g/mol. The molecule has 0 unspecified atom stereocenters. The van der Waals surface area contributed by atoms with E-state index in [1.165, 1.54) is 10.5 Å². The summed E-state index contributed by atoms with van der Waals surface area (Å²) in [5, 5.41) is 1.11. The Hall–Kier alpha value is -3.86. The summed E-state index contributed by atoms with van der Waals surface area (Å²) in [7, 11) is 0. The lowest BCUT2D eigenvalue weighted by Gasteiger charge is -2.40. The zero-order valence-electron chi connectivity index (χ0n) is 18.7. The van der Waals surface area contributed by atoms with Crippen LogP contribution < -0.4 is 4.90 Å². The number of H-pyrrole nitrogens is 1. The molecule has 33 heavy (non-hydrogen) atoms. The molecule has 4 aromatic rings. The van der Waals surface area contributed by atoms with Gasteiger partial charge >= 0.3 is 6.03 Å². The number of rotatable bonds is 3. The Morgan fingerprint density at radius 3 is 2.36 bits per heavy atom. The average molecular weight is 436 g/mol. The van der Waals surface area contributed by atoms with Crippen molar-refractivity contribution < 1.29 is 9.59 Å². The number of anilines is 1. The van der Waals surface area contributed by atoms with Gasteiger partial charge < -0.3 is 9.88 Å². The summed E-state index contributed by atoms with van der Waals surface area (Å²) in [6.07, 6.45) is 0.979. The van der Waals surface area contributed by atoms with Gasteiger partial charge in [0.05, 0.1) is 11.4 Å². The van der Waals surface area contributed by atoms with Crippen molar-refractivity contribution in [3.63, 3.8) is 0 Å². The molecule has 5 heteroatoms. The highest BCUT2D eigenvalue weighted by molar-refractivity contribution is 6.23. The van der Waals surface area contributed by atoms with Gasteiger partial charge in [-0.05, 0) is 48.2 Å². The maximum Gasteiger partial charge on any atom is 0.332 e. The zero-order valence-corrected chi connectivity index (χ0v) is 18.7. The van der Waals surface area contributed by atoms with Crippen LogP contribution in [0.1, 0.15) is 42.1 Å². The van der Waals surface area contributed by atoms with Crippen molar-refractivity contribution in [2.24, 2.45) is 0 Å². The van der Waals surface area contributed by atoms with E-state index < -0.39 is 5.54 Å². The van der Waals surface area contributed by atoms with Crippen LogP contribution in [0.4, 0.5) is 10.5 Å². The van der Waals surface area contributed by atoms with E-state index in [-0.39, 0.29) is 17.9 Å². The molecule has 3 aromatic carbocycles. The second-order valence-electron chi connectivity index (χ2n) is 9.05. The van der Waals surface area contributed by atoms with Crippen molar-refractivity contribution in [2.75, 3.05) is 11.4 Å². The summed E-state index contributed by atoms with van der Waals surface area (Å²) in [5.41, 5.74) is 4.87. The molecule has 164 valence electrons. The fourth-order valence-electron chi connectivity index (χ4n) is 5.48. The normalized spacial score (nSPS) is 22.1. The van der Waals surface area contributed by atoms with E-state index in [9.17, 15) is 9.59 Å². The predicted octanol–water partition coefficient (Wildman–Crippen LogP) is 5.56. The van der Waals surface area contributed by atoms with Gasteiger partial charge in [0.2, 0.25) is 0 Å². The van der Waals surface area contributed by atoms with Gasteiger partial charge in [0, 0.05) is 23.4 Å². The maximum absolute atomic E-state index is 13.9. The van der Waals surface area contributed by atoms with Crippen molar-refractivity contribution in [3.8, 4) is 0 Å². The number of hydrogen-bond acceptors (Lipinski definition) is 2. The van der Waals surface area contributed by atoms with Crippen LogP contribution in [0.25, 0.3) is 10.9 Å². The molecule has 0 aliphatic carbocycles. The molecule has 3 amide bonds. The SMILES string of the molecule is CCc1ccc([C@@H]2CN3C(=O)N(c4ccccc4)C(=O)[C@]3(C)c3[nH]c4ccccc4c32)cc1. The first kappa shape index (κ1) is 19.8. The average Bonchev–Trinajstić information content (AvgIpc) is 3.34. The molecule has 0 spiro atoms. The van der Waals surface area contributed by atoms with Gasteiger partial charge in [-0.3, -0.25) is 4.79 Å². The highest BCUT2D eigenvalue weighted by atomic mass is 16.2. The summed E-state index contributed by atoms with van der Waals surface area (Å²) in [6, 6.07) is 25.7. The molecule has 1 saturated heterocycles. The van der Waals surface area contributed by atoms with Crippen molar-refractivity contribution in [2.45, 2.75) is 31.7 Å². The van der Waals surface area contributed by atoms with Crippen LogP contribution in [0.5, 0.6) is 0 Å². The van der Waals surface area contributed by atoms with E-state index >= 15 is 0 Å². The molecule has 5 nitrogen and oxygen atoms in total. The van der Waals surface area contributed by atoms with E-state index in [1.807, 2.05) is 55.5 Å². The number of para-hydroxylation sites is 2. The predicted molar refractivity (Wildman–Crippen MR) is 129 cm³/mol. The lowest BCUT2D eigenvalue weighted by Crippen LogP contribution is -2.50. The van der Waals surface area contributed by atoms with Crippen LogP contribution in [0.2, 0.25) is 0 Å². The van der Waals surface area contributed by atoms with Gasteiger partial charge in [0.15, 0.2) is 5.54 Å². The lowest BCUT2D eigenvalue weighted by molar-refractivity contribution is -0.125. The number of fused-ring (bicyclic) bond motifs is 5. The quantitative estimate of drug-likeness (QED) is 0.428. The summed E-state index contributed by atoms with van der Waals surface area (Å²) in [6.45, 7) is 4.47. The molecule has 1 fully saturated rings. The Morgan fingerprint density at radius 2 is 1.64 bits per heavy atom. The number of benzene rings is 3. The largest absolute Gasteiger partial charge is 0.356 e. The van der Waals surface area contributed by atoms with E-state index in [1.54, 1.807) is 4.90 Å². The first-order valence-electron chi connectivity index (χ1n) is 11.4. The number of aromatic amines is 1. The van der Waals surface area contributed by atoms with Crippen LogP contribution in [0.3, 0.4) is 0 Å². The van der Waals surface area contributed by atoms with Crippen LogP contribution in [-0.4, -0.2) is 28.4 Å². The van der Waals surface area contributed by atoms with E-state index in [0.29, 0.717) is 12.2 Å². The van der Waals surface area contributed by atoms with Crippen LogP contribution in [-0.2, 0) is 16.8 Å². The first-order chi connectivity index (χ1) is 16.0. The minimum atomic E-state index is -1.08. The summed E-state index contributed by atoms with van der Waals surface area (Å²) in [5.74, 6) is -0.242. The molecule has 0 saturated carbocycles. The molecule has 3 heterocycles. The van der Waals surface area contributed by atoms with Gasteiger partial charge in [0.1, 0.15) is 0 Å². The van der Waals surface area contributed by atoms with Crippen molar-refractivity contribution in [1.29, 1.82) is 0 Å². The minimum absolute atomic E-state index is 0.0254. The van der Waals surface area contributed by atoms with Gasteiger partial charge in [-0.1, -0.05) is 67.6 Å². The summed E-state index contributed by atoms with van der Waals surface area (Å²) < 4.78 is 0. The lowest BCUT2D eigenvalue weighted by atomic mass is 9.78. The number of aryl methyl sites for hydroxylation is 1. The third-order valence-electron chi connectivity index (χ3n) is 7.33. The topological polar surface area (TPSA) is 56.4 Å². The van der Waals surface area contributed by atoms with E-state index in [4.69, 9.17) is 0 Å². The number of aromatic nitrogens is 1. The second-order valence-corrected chi connectivity index (χ2v) is 9.05. The monoisotopic (exact) mass is 435 g/mol. The van der Waals surface area contributed by atoms with Gasteiger partial charge in [-0.25, -0.2) is 9.69 Å². The maximum atomic E-state index is 13.9. The molecule has 2 aliphatic rings. The molecule has 0 bridgehead atoms. The number of hydrogen-bond donors (Lipinski definition) is 1. The number of carbonyl (C=O) groups is 2. The molecule has 1 aromatic heterocycles. The number of carbonyl (C=O) groups excluding carboxylic acids is 2. The Morgan fingerprint density at radius 1 is 0.939 bits per heavy atom. The highest BCUT2D eigenvalue weighted by Crippen LogP contribution is 2.50. The molecular formula is C28H25N3O2. The van der Waals surface area contributed by atoms with E-state index in [0.717, 1.165) is 34.1 Å². The highest BCUT2D eigenvalue weighted by Gasteiger charge is 2.60. The van der Waals surface area contributed by atoms with Crippen molar-refractivity contribution >= 4 is 28.5 Å². The minimum Gasteiger partial charge on any atom is -0.356 e. The summed E-state index contributed by atoms with van der Waals surface area (Å²) in [4.78, 5) is 34.2. The number of imide groups is 1. The fraction of sp³-hybridized carbons (Fsp3) is 0.214. The fourth-order valence-corrected chi connectivity index (χ4v) is 5.48. The molecule has 2 atom stereocenters. The number of nitrogens with one attached hydrogen (secondary N) is 1. The summed E-state index contributed by atoms with van der Waals surface area (Å²) >= 11 is 0. The van der Waals surface area contributed by atoms with Gasteiger partial charge in [-0.2, -0.15) is 0 Å². The van der Waals surface area contributed by atoms with Gasteiger partial charge in [-0.15, -0.1) is 0 Å². The van der Waals surface area contributed by atoms with E-state index in [2.05, 4.69) is 42.2 Å². The molecule has 6 rings (SSSR count). The Labute approximate surface area is 192 Å². The van der Waals surface area contributed by atoms with Crippen LogP contribution in [0.15, 0.2) is 78.9 Å². The smallest absolute Gasteiger partial charge is 0.332 e. The van der Waals surface area contributed by atoms with Crippen LogP contribution in [0, 0.1) is 0 Å².